The topological polar surface area (TPSA) is 56.8 Å². The van der Waals surface area contributed by atoms with Crippen LogP contribution in [0.1, 0.15) is 49.1 Å². The molecular weight excluding hydrogens is 404 g/mol. The quantitative estimate of drug-likeness (QED) is 0.481. The predicted octanol–water partition coefficient (Wildman–Crippen LogP) is 4.53. The molecule has 1 aromatic heterocycles. The molecule has 0 amide bonds. The first-order chi connectivity index (χ1) is 14.4. The standard InChI is InChI=1S/C21H22F4N2O3/c1-3-4-16-17(30-16)10-29-19-12-5-6-13(20-26-8-11(28-2)9-27-20)21(24,25)14(12)7-15(22)18(19)23/h7-9,13,16-17H,3-6,10H2,1-2H3. The molecule has 0 saturated carbocycles. The highest BCUT2D eigenvalue weighted by Crippen LogP contribution is 2.51. The van der Waals surface area contributed by atoms with Gasteiger partial charge in [0.25, 0.3) is 5.92 Å². The Morgan fingerprint density at radius 3 is 2.60 bits per heavy atom. The normalized spacial score (nSPS) is 24.3. The Hall–Kier alpha value is -2.42. The predicted molar refractivity (Wildman–Crippen MR) is 99.0 cm³/mol. The summed E-state index contributed by atoms with van der Waals surface area (Å²) in [6.45, 7) is 2.00. The number of alkyl halides is 2. The summed E-state index contributed by atoms with van der Waals surface area (Å²) in [5.74, 6) is -7.68. The van der Waals surface area contributed by atoms with E-state index in [1.807, 2.05) is 6.92 Å². The summed E-state index contributed by atoms with van der Waals surface area (Å²) >= 11 is 0. The maximum atomic E-state index is 15.3. The summed E-state index contributed by atoms with van der Waals surface area (Å²) in [5.41, 5.74) is -0.606. The molecule has 30 heavy (non-hydrogen) atoms. The third-order valence-corrected chi connectivity index (χ3v) is 5.61. The Bertz CT molecular complexity index is 923. The van der Waals surface area contributed by atoms with Gasteiger partial charge in [0.1, 0.15) is 18.5 Å². The molecule has 0 radical (unpaired) electrons. The molecule has 5 nitrogen and oxygen atoms in total. The van der Waals surface area contributed by atoms with Crippen molar-refractivity contribution in [1.29, 1.82) is 0 Å². The van der Waals surface area contributed by atoms with Gasteiger partial charge in [-0.25, -0.2) is 23.1 Å². The van der Waals surface area contributed by atoms with Crippen molar-refractivity contribution in [3.05, 3.63) is 47.0 Å². The number of hydrogen-bond acceptors (Lipinski definition) is 5. The number of nitrogens with zero attached hydrogens (tertiary/aromatic N) is 2. The van der Waals surface area contributed by atoms with E-state index >= 15 is 8.78 Å². The Morgan fingerprint density at radius 2 is 1.93 bits per heavy atom. The molecule has 2 aromatic rings. The van der Waals surface area contributed by atoms with E-state index in [1.54, 1.807) is 0 Å². The Kier molecular flexibility index (Phi) is 5.57. The summed E-state index contributed by atoms with van der Waals surface area (Å²) in [7, 11) is 1.42. The lowest BCUT2D eigenvalue weighted by molar-refractivity contribution is -0.0470. The molecule has 3 unspecified atom stereocenters. The van der Waals surface area contributed by atoms with Gasteiger partial charge in [-0.1, -0.05) is 13.3 Å². The molecule has 2 aliphatic rings. The van der Waals surface area contributed by atoms with Crippen LogP contribution in [0.4, 0.5) is 17.6 Å². The number of ether oxygens (including phenoxy) is 3. The van der Waals surface area contributed by atoms with Gasteiger partial charge in [-0.15, -0.1) is 0 Å². The molecule has 1 aliphatic heterocycles. The fourth-order valence-electron chi connectivity index (χ4n) is 3.93. The van der Waals surface area contributed by atoms with E-state index in [9.17, 15) is 8.78 Å². The molecule has 162 valence electrons. The molecule has 1 saturated heterocycles. The molecule has 3 atom stereocenters. The zero-order valence-electron chi connectivity index (χ0n) is 16.6. The SMILES string of the molecule is CCCC1OC1COc1c(F)c(F)cc2c1CCC(c1ncc(OC)cn1)C2(F)F. The highest BCUT2D eigenvalue weighted by atomic mass is 19.3. The average molecular weight is 426 g/mol. The summed E-state index contributed by atoms with van der Waals surface area (Å²) in [5, 5.41) is 0. The maximum absolute atomic E-state index is 15.3. The minimum atomic E-state index is -3.49. The molecule has 4 rings (SSSR count). The third kappa shape index (κ3) is 3.71. The van der Waals surface area contributed by atoms with Crippen molar-refractivity contribution in [3.8, 4) is 11.5 Å². The Morgan fingerprint density at radius 1 is 1.20 bits per heavy atom. The highest BCUT2D eigenvalue weighted by molar-refractivity contribution is 5.47. The summed E-state index contributed by atoms with van der Waals surface area (Å²) in [4.78, 5) is 7.93. The van der Waals surface area contributed by atoms with Gasteiger partial charge in [0.15, 0.2) is 17.3 Å². The van der Waals surface area contributed by atoms with Crippen molar-refractivity contribution >= 4 is 0 Å². The van der Waals surface area contributed by atoms with Crippen molar-refractivity contribution in [3.63, 3.8) is 0 Å². The monoisotopic (exact) mass is 426 g/mol. The summed E-state index contributed by atoms with van der Waals surface area (Å²) in [6, 6.07) is 0.556. The number of rotatable bonds is 7. The van der Waals surface area contributed by atoms with Crippen LogP contribution in [0.2, 0.25) is 0 Å². The van der Waals surface area contributed by atoms with Gasteiger partial charge in [-0.2, -0.15) is 4.39 Å². The molecule has 1 fully saturated rings. The Balaban J connectivity index is 1.62. The number of epoxide rings is 1. The van der Waals surface area contributed by atoms with Crippen LogP contribution in [0.15, 0.2) is 18.5 Å². The molecule has 1 aliphatic carbocycles. The first kappa shape index (κ1) is 20.8. The molecule has 9 heteroatoms. The van der Waals surface area contributed by atoms with Gasteiger partial charge >= 0.3 is 0 Å². The molecule has 0 bridgehead atoms. The first-order valence-corrected chi connectivity index (χ1v) is 9.90. The van der Waals surface area contributed by atoms with Gasteiger partial charge in [-0.05, 0) is 25.3 Å². The summed E-state index contributed by atoms with van der Waals surface area (Å²) < 4.78 is 75.1. The fraction of sp³-hybridized carbons (Fsp3) is 0.524. The molecule has 2 heterocycles. The second-order valence-corrected chi connectivity index (χ2v) is 7.54. The van der Waals surface area contributed by atoms with Gasteiger partial charge < -0.3 is 14.2 Å². The van der Waals surface area contributed by atoms with Gasteiger partial charge in [0.2, 0.25) is 5.82 Å². The van der Waals surface area contributed by atoms with Crippen molar-refractivity contribution in [1.82, 2.24) is 9.97 Å². The minimum Gasteiger partial charge on any atom is -0.494 e. The lowest BCUT2D eigenvalue weighted by atomic mass is 9.79. The number of methoxy groups -OCH3 is 1. The summed E-state index contributed by atoms with van der Waals surface area (Å²) in [6.07, 6.45) is 4.19. The number of fused-ring (bicyclic) bond motifs is 1. The fourth-order valence-corrected chi connectivity index (χ4v) is 3.93. The van der Waals surface area contributed by atoms with E-state index in [-0.39, 0.29) is 43.0 Å². The van der Waals surface area contributed by atoms with Crippen LogP contribution >= 0.6 is 0 Å². The van der Waals surface area contributed by atoms with Crippen LogP contribution < -0.4 is 9.47 Å². The minimum absolute atomic E-state index is 0.00588. The van der Waals surface area contributed by atoms with Crippen molar-refractivity contribution < 1.29 is 31.8 Å². The number of hydrogen-bond donors (Lipinski definition) is 0. The third-order valence-electron chi connectivity index (χ3n) is 5.61. The van der Waals surface area contributed by atoms with E-state index in [0.717, 1.165) is 12.8 Å². The number of halogens is 4. The zero-order chi connectivity index (χ0) is 21.5. The van der Waals surface area contributed by atoms with Gasteiger partial charge in [0, 0.05) is 11.1 Å². The number of benzene rings is 1. The largest absolute Gasteiger partial charge is 0.494 e. The zero-order valence-corrected chi connectivity index (χ0v) is 16.6. The van der Waals surface area contributed by atoms with Gasteiger partial charge in [0.05, 0.1) is 31.5 Å². The van der Waals surface area contributed by atoms with Crippen LogP contribution in [0.5, 0.6) is 11.5 Å². The van der Waals surface area contributed by atoms with E-state index < -0.39 is 34.8 Å². The van der Waals surface area contributed by atoms with Crippen LogP contribution in [0, 0.1) is 11.6 Å². The lowest BCUT2D eigenvalue weighted by Crippen LogP contribution is -2.32. The van der Waals surface area contributed by atoms with Crippen LogP contribution in [0.25, 0.3) is 0 Å². The smallest absolute Gasteiger partial charge is 0.283 e. The second kappa shape index (κ2) is 8.02. The first-order valence-electron chi connectivity index (χ1n) is 9.90. The van der Waals surface area contributed by atoms with E-state index in [4.69, 9.17) is 14.2 Å². The lowest BCUT2D eigenvalue weighted by Gasteiger charge is -2.33. The average Bonchev–Trinajstić information content (AvgIpc) is 3.47. The van der Waals surface area contributed by atoms with Crippen LogP contribution in [-0.2, 0) is 17.1 Å². The Labute approximate surface area is 171 Å². The highest BCUT2D eigenvalue weighted by Gasteiger charge is 2.50. The van der Waals surface area contributed by atoms with E-state index in [1.165, 1.54) is 19.5 Å². The molecule has 1 aromatic carbocycles. The number of aromatic nitrogens is 2. The van der Waals surface area contributed by atoms with E-state index in [2.05, 4.69) is 9.97 Å². The van der Waals surface area contributed by atoms with E-state index in [0.29, 0.717) is 11.8 Å². The van der Waals surface area contributed by atoms with Crippen molar-refractivity contribution in [2.24, 2.45) is 0 Å². The van der Waals surface area contributed by atoms with Crippen LogP contribution in [-0.4, -0.2) is 35.9 Å². The molecule has 0 N–H and O–H groups in total. The molecule has 0 spiro atoms. The van der Waals surface area contributed by atoms with Crippen molar-refractivity contribution in [2.45, 2.75) is 56.7 Å². The van der Waals surface area contributed by atoms with Gasteiger partial charge in [-0.3, -0.25) is 0 Å². The molecular formula is C21H22F4N2O3. The van der Waals surface area contributed by atoms with Crippen molar-refractivity contribution in [2.75, 3.05) is 13.7 Å². The maximum Gasteiger partial charge on any atom is 0.283 e. The van der Waals surface area contributed by atoms with Crippen LogP contribution in [0.3, 0.4) is 0 Å². The second-order valence-electron chi connectivity index (χ2n) is 7.54.